The summed E-state index contributed by atoms with van der Waals surface area (Å²) in [6, 6.07) is 6.50. The topological polar surface area (TPSA) is 104 Å². The van der Waals surface area contributed by atoms with Gasteiger partial charge in [0.15, 0.2) is 0 Å². The summed E-state index contributed by atoms with van der Waals surface area (Å²) in [6.07, 6.45) is 3.98. The molecule has 3 rings (SSSR count). The second-order valence-electron chi connectivity index (χ2n) is 6.96. The van der Waals surface area contributed by atoms with E-state index in [1.807, 2.05) is 0 Å². The van der Waals surface area contributed by atoms with E-state index in [-0.39, 0.29) is 17.3 Å². The number of piperidine rings is 1. The van der Waals surface area contributed by atoms with Crippen molar-refractivity contribution < 1.29 is 23.1 Å². The Morgan fingerprint density at radius 3 is 2.19 bits per heavy atom. The number of carboxylic acids is 1. The van der Waals surface area contributed by atoms with Gasteiger partial charge in [0.2, 0.25) is 15.9 Å². The van der Waals surface area contributed by atoms with Crippen LogP contribution in [0.25, 0.3) is 0 Å². The van der Waals surface area contributed by atoms with E-state index >= 15 is 0 Å². The molecule has 8 heteroatoms. The van der Waals surface area contributed by atoms with E-state index in [0.29, 0.717) is 25.9 Å². The minimum atomic E-state index is -3.45. The molecule has 2 unspecified atom stereocenters. The molecule has 1 amide bonds. The average Bonchev–Trinajstić information content (AvgIpc) is 2.59. The summed E-state index contributed by atoms with van der Waals surface area (Å²) in [5.74, 6) is -2.24. The smallest absolute Gasteiger partial charge is 0.307 e. The molecule has 0 radical (unpaired) electrons. The first-order valence-electron chi connectivity index (χ1n) is 8.99. The number of carbonyl (C=O) groups excluding carboxylic acids is 1. The van der Waals surface area contributed by atoms with Gasteiger partial charge in [-0.05, 0) is 43.4 Å². The third-order valence-electron chi connectivity index (χ3n) is 5.27. The van der Waals surface area contributed by atoms with Gasteiger partial charge in [-0.1, -0.05) is 18.6 Å². The first kappa shape index (κ1) is 18.8. The molecule has 2 atom stereocenters. The normalized spacial score (nSPS) is 23.8. The second kappa shape index (κ2) is 7.75. The minimum Gasteiger partial charge on any atom is -0.481 e. The molecule has 2 N–H and O–H groups in total. The number of amides is 1. The van der Waals surface area contributed by atoms with E-state index in [1.54, 1.807) is 24.3 Å². The summed E-state index contributed by atoms with van der Waals surface area (Å²) >= 11 is 0. The fraction of sp³-hybridized carbons (Fsp3) is 0.556. The molecule has 142 valence electrons. The lowest BCUT2D eigenvalue weighted by Gasteiger charge is -2.31. The van der Waals surface area contributed by atoms with Crippen molar-refractivity contribution in [3.63, 3.8) is 0 Å². The minimum absolute atomic E-state index is 0.256. The Bertz CT molecular complexity index is 769. The van der Waals surface area contributed by atoms with Crippen LogP contribution < -0.4 is 5.32 Å². The first-order chi connectivity index (χ1) is 12.4. The van der Waals surface area contributed by atoms with Gasteiger partial charge in [-0.25, -0.2) is 8.42 Å². The Kier molecular flexibility index (Phi) is 5.62. The van der Waals surface area contributed by atoms with Gasteiger partial charge in [0.05, 0.1) is 16.7 Å². The first-order valence-corrected chi connectivity index (χ1v) is 10.4. The van der Waals surface area contributed by atoms with Crippen LogP contribution in [0.5, 0.6) is 0 Å². The zero-order chi connectivity index (χ0) is 18.7. The number of nitrogens with zero attached hydrogens (tertiary/aromatic N) is 1. The van der Waals surface area contributed by atoms with E-state index < -0.39 is 27.8 Å². The summed E-state index contributed by atoms with van der Waals surface area (Å²) in [6.45, 7) is 1.38. The summed E-state index contributed by atoms with van der Waals surface area (Å²) < 4.78 is 26.7. The fourth-order valence-electron chi connectivity index (χ4n) is 3.46. The quantitative estimate of drug-likeness (QED) is 0.780. The van der Waals surface area contributed by atoms with Crippen molar-refractivity contribution in [2.24, 2.45) is 11.8 Å². The maximum atomic E-state index is 12.6. The van der Waals surface area contributed by atoms with Crippen molar-refractivity contribution in [1.29, 1.82) is 0 Å². The number of aliphatic carboxylic acids is 1. The van der Waals surface area contributed by atoms with Gasteiger partial charge in [0.25, 0.3) is 0 Å². The number of carbonyl (C=O) groups is 2. The predicted octanol–water partition coefficient (Wildman–Crippen LogP) is 1.59. The van der Waals surface area contributed by atoms with Gasteiger partial charge in [-0.2, -0.15) is 4.31 Å². The molecule has 2 fully saturated rings. The molecule has 0 spiro atoms. The molecule has 1 aliphatic carbocycles. The molecule has 0 aromatic heterocycles. The van der Waals surface area contributed by atoms with Crippen LogP contribution in [-0.2, 0) is 26.2 Å². The molecule has 7 nitrogen and oxygen atoms in total. The number of sulfonamides is 1. The van der Waals surface area contributed by atoms with Crippen LogP contribution in [0.3, 0.4) is 0 Å². The van der Waals surface area contributed by atoms with Gasteiger partial charge in [-0.3, -0.25) is 9.59 Å². The molecule has 26 heavy (non-hydrogen) atoms. The van der Waals surface area contributed by atoms with Gasteiger partial charge in [0, 0.05) is 19.6 Å². The molecular weight excluding hydrogens is 356 g/mol. The third-order valence-corrected chi connectivity index (χ3v) is 7.18. The van der Waals surface area contributed by atoms with Crippen LogP contribution in [0.1, 0.15) is 37.7 Å². The lowest BCUT2D eigenvalue weighted by molar-refractivity contribution is -0.152. The predicted molar refractivity (Wildman–Crippen MR) is 94.7 cm³/mol. The van der Waals surface area contributed by atoms with Gasteiger partial charge in [-0.15, -0.1) is 0 Å². The Labute approximate surface area is 153 Å². The largest absolute Gasteiger partial charge is 0.481 e. The summed E-state index contributed by atoms with van der Waals surface area (Å²) in [5.41, 5.74) is 0.780. The highest BCUT2D eigenvalue weighted by Gasteiger charge is 2.41. The van der Waals surface area contributed by atoms with Crippen LogP contribution in [0, 0.1) is 11.8 Å². The van der Waals surface area contributed by atoms with Crippen molar-refractivity contribution in [1.82, 2.24) is 9.62 Å². The summed E-state index contributed by atoms with van der Waals surface area (Å²) in [7, 11) is -3.45. The van der Waals surface area contributed by atoms with Crippen molar-refractivity contribution in [3.8, 4) is 0 Å². The number of carboxylic acid groups (broad SMARTS) is 1. The van der Waals surface area contributed by atoms with E-state index in [1.165, 1.54) is 4.31 Å². The number of hydrogen-bond donors (Lipinski definition) is 2. The molecular formula is C18H24N2O5S. The van der Waals surface area contributed by atoms with Crippen molar-refractivity contribution >= 4 is 21.9 Å². The molecule has 2 aliphatic rings. The SMILES string of the molecule is O=C(O)C1CCC1C(=O)NCc1ccc(S(=O)(=O)N2CCCCC2)cc1. The zero-order valence-electron chi connectivity index (χ0n) is 14.6. The van der Waals surface area contributed by atoms with E-state index in [4.69, 9.17) is 5.11 Å². The highest BCUT2D eigenvalue weighted by Crippen LogP contribution is 2.34. The third kappa shape index (κ3) is 3.91. The average molecular weight is 380 g/mol. The van der Waals surface area contributed by atoms with Crippen molar-refractivity contribution in [2.45, 2.75) is 43.5 Å². The fourth-order valence-corrected chi connectivity index (χ4v) is 4.98. The highest BCUT2D eigenvalue weighted by molar-refractivity contribution is 7.89. The molecule has 1 saturated carbocycles. The molecule has 1 aromatic carbocycles. The molecule has 0 bridgehead atoms. The Hall–Kier alpha value is -1.93. The standard InChI is InChI=1S/C18H24N2O5S/c21-17(15-8-9-16(15)18(22)23)19-12-13-4-6-14(7-5-13)26(24,25)20-10-2-1-3-11-20/h4-7,15-16H,1-3,8-12H2,(H,19,21)(H,22,23). The highest BCUT2D eigenvalue weighted by atomic mass is 32.2. The van der Waals surface area contributed by atoms with Crippen LogP contribution >= 0.6 is 0 Å². The van der Waals surface area contributed by atoms with E-state index in [2.05, 4.69) is 5.32 Å². The van der Waals surface area contributed by atoms with Crippen LogP contribution in [0.15, 0.2) is 29.2 Å². The Morgan fingerprint density at radius 2 is 1.65 bits per heavy atom. The second-order valence-corrected chi connectivity index (χ2v) is 8.89. The lowest BCUT2D eigenvalue weighted by atomic mass is 9.73. The zero-order valence-corrected chi connectivity index (χ0v) is 15.4. The van der Waals surface area contributed by atoms with Crippen LogP contribution in [0.2, 0.25) is 0 Å². The van der Waals surface area contributed by atoms with Gasteiger partial charge < -0.3 is 10.4 Å². The van der Waals surface area contributed by atoms with Crippen LogP contribution in [-0.4, -0.2) is 42.8 Å². The van der Waals surface area contributed by atoms with E-state index in [9.17, 15) is 18.0 Å². The van der Waals surface area contributed by atoms with E-state index in [0.717, 1.165) is 24.8 Å². The van der Waals surface area contributed by atoms with Gasteiger partial charge >= 0.3 is 5.97 Å². The molecule has 1 aromatic rings. The monoisotopic (exact) mass is 380 g/mol. The van der Waals surface area contributed by atoms with Crippen molar-refractivity contribution in [3.05, 3.63) is 29.8 Å². The Balaban J connectivity index is 1.58. The summed E-state index contributed by atoms with van der Waals surface area (Å²) in [4.78, 5) is 23.3. The van der Waals surface area contributed by atoms with Crippen molar-refractivity contribution in [2.75, 3.05) is 13.1 Å². The number of nitrogens with one attached hydrogen (secondary N) is 1. The molecule has 1 aliphatic heterocycles. The van der Waals surface area contributed by atoms with Crippen LogP contribution in [0.4, 0.5) is 0 Å². The maximum Gasteiger partial charge on any atom is 0.307 e. The molecule has 1 heterocycles. The number of hydrogen-bond acceptors (Lipinski definition) is 4. The summed E-state index contributed by atoms with van der Waals surface area (Å²) in [5, 5.41) is 11.8. The Morgan fingerprint density at radius 1 is 1.04 bits per heavy atom. The van der Waals surface area contributed by atoms with Gasteiger partial charge in [0.1, 0.15) is 0 Å². The maximum absolute atomic E-state index is 12.6. The lowest BCUT2D eigenvalue weighted by Crippen LogP contribution is -2.43. The molecule has 1 saturated heterocycles. The number of rotatable bonds is 6. The number of benzene rings is 1.